The van der Waals surface area contributed by atoms with Crippen LogP contribution in [0, 0.1) is 5.92 Å². The summed E-state index contributed by atoms with van der Waals surface area (Å²) in [5.41, 5.74) is 2.59. The van der Waals surface area contributed by atoms with Crippen molar-refractivity contribution in [3.63, 3.8) is 0 Å². The largest absolute Gasteiger partial charge is 0.383 e. The molecule has 2 rings (SSSR count). The van der Waals surface area contributed by atoms with Gasteiger partial charge in [-0.15, -0.1) is 0 Å². The molecule has 0 amide bonds. The van der Waals surface area contributed by atoms with Gasteiger partial charge in [0.2, 0.25) is 0 Å². The van der Waals surface area contributed by atoms with Gasteiger partial charge in [0, 0.05) is 12.5 Å². The highest BCUT2D eigenvalue weighted by atomic mass is 35.5. The fourth-order valence-electron chi connectivity index (χ4n) is 2.96. The van der Waals surface area contributed by atoms with E-state index in [0.717, 1.165) is 17.5 Å². The molecule has 2 heteroatoms. The summed E-state index contributed by atoms with van der Waals surface area (Å²) in [5.74, 6) is 1.38. The molecule has 0 fully saturated rings. The Morgan fingerprint density at radius 2 is 2.17 bits per heavy atom. The van der Waals surface area contributed by atoms with Gasteiger partial charge in [-0.1, -0.05) is 69.7 Å². The van der Waals surface area contributed by atoms with Crippen molar-refractivity contribution in [3.05, 3.63) is 28.8 Å². The monoisotopic (exact) mass is 265 g/mol. The lowest BCUT2D eigenvalue weighted by molar-refractivity contribution is 0.427. The third kappa shape index (κ3) is 3.00. The average molecular weight is 266 g/mol. The van der Waals surface area contributed by atoms with Crippen molar-refractivity contribution in [2.75, 3.05) is 11.9 Å². The van der Waals surface area contributed by atoms with Crippen molar-refractivity contribution >= 4 is 17.3 Å². The summed E-state index contributed by atoms with van der Waals surface area (Å²) in [6.07, 6.45) is 6.76. The van der Waals surface area contributed by atoms with Crippen molar-refractivity contribution in [1.82, 2.24) is 0 Å². The van der Waals surface area contributed by atoms with Crippen LogP contribution in [-0.2, 0) is 0 Å². The normalized spacial score (nSPS) is 19.4. The van der Waals surface area contributed by atoms with Gasteiger partial charge in [0.25, 0.3) is 0 Å². The van der Waals surface area contributed by atoms with Crippen LogP contribution in [0.1, 0.15) is 57.4 Å². The first-order valence-corrected chi connectivity index (χ1v) is 7.64. The molecule has 0 aliphatic carbocycles. The molecule has 1 aliphatic rings. The van der Waals surface area contributed by atoms with E-state index in [9.17, 15) is 0 Å². The summed E-state index contributed by atoms with van der Waals surface area (Å²) in [6, 6.07) is 6.28. The fourth-order valence-corrected chi connectivity index (χ4v) is 3.21. The zero-order valence-corrected chi connectivity index (χ0v) is 12.3. The Kier molecular flexibility index (Phi) is 4.94. The van der Waals surface area contributed by atoms with Gasteiger partial charge in [0.15, 0.2) is 0 Å². The highest BCUT2D eigenvalue weighted by Crippen LogP contribution is 2.41. The van der Waals surface area contributed by atoms with Crippen LogP contribution in [0.5, 0.6) is 0 Å². The molecular formula is C16H24ClN. The molecule has 1 nitrogen and oxygen atoms in total. The van der Waals surface area contributed by atoms with Crippen LogP contribution in [0.25, 0.3) is 0 Å². The number of hydrogen-bond donors (Lipinski definition) is 1. The lowest BCUT2D eigenvalue weighted by atomic mass is 9.85. The number of nitrogens with one attached hydrogen (secondary N) is 1. The molecule has 1 aliphatic heterocycles. The summed E-state index contributed by atoms with van der Waals surface area (Å²) < 4.78 is 0. The summed E-state index contributed by atoms with van der Waals surface area (Å²) >= 11 is 6.22. The molecule has 18 heavy (non-hydrogen) atoms. The maximum absolute atomic E-state index is 6.22. The number of para-hydroxylation sites is 1. The number of anilines is 1. The predicted octanol–water partition coefficient (Wildman–Crippen LogP) is 5.46. The first-order valence-electron chi connectivity index (χ1n) is 7.26. The molecule has 0 aromatic heterocycles. The van der Waals surface area contributed by atoms with Gasteiger partial charge in [0.05, 0.1) is 10.7 Å². The lowest BCUT2D eigenvalue weighted by Crippen LogP contribution is -2.12. The van der Waals surface area contributed by atoms with E-state index >= 15 is 0 Å². The molecule has 0 saturated carbocycles. The molecule has 100 valence electrons. The molecule has 2 atom stereocenters. The van der Waals surface area contributed by atoms with Crippen molar-refractivity contribution in [1.29, 1.82) is 0 Å². The van der Waals surface area contributed by atoms with Crippen molar-refractivity contribution < 1.29 is 0 Å². The number of halogens is 1. The molecule has 2 unspecified atom stereocenters. The van der Waals surface area contributed by atoms with E-state index in [1.165, 1.54) is 43.4 Å². The smallest absolute Gasteiger partial charge is 0.0640 e. The Morgan fingerprint density at radius 3 is 2.94 bits per heavy atom. The number of hydrogen-bond acceptors (Lipinski definition) is 1. The minimum absolute atomic E-state index is 0.639. The molecule has 0 bridgehead atoms. The van der Waals surface area contributed by atoms with Crippen molar-refractivity contribution in [2.45, 2.75) is 51.9 Å². The van der Waals surface area contributed by atoms with Gasteiger partial charge in [-0.3, -0.25) is 0 Å². The van der Waals surface area contributed by atoms with Gasteiger partial charge in [-0.25, -0.2) is 0 Å². The van der Waals surface area contributed by atoms with E-state index < -0.39 is 0 Å². The zero-order chi connectivity index (χ0) is 13.0. The molecule has 1 heterocycles. The van der Waals surface area contributed by atoms with E-state index in [0.29, 0.717) is 5.92 Å². The third-order valence-corrected chi connectivity index (χ3v) is 4.46. The standard InChI is InChI=1S/C16H24ClN/c1-3-4-5-6-8-12(2)14-11-18-16-13(14)9-7-10-15(16)17/h7,9-10,12,14,18H,3-6,8,11H2,1-2H3. The topological polar surface area (TPSA) is 12.0 Å². The summed E-state index contributed by atoms with van der Waals surface area (Å²) in [5, 5.41) is 4.34. The van der Waals surface area contributed by atoms with Crippen LogP contribution >= 0.6 is 11.6 Å². The van der Waals surface area contributed by atoms with E-state index in [2.05, 4.69) is 31.3 Å². The second-order valence-corrected chi connectivity index (χ2v) is 5.93. The van der Waals surface area contributed by atoms with E-state index in [-0.39, 0.29) is 0 Å². The lowest BCUT2D eigenvalue weighted by Gasteiger charge is -2.19. The number of unbranched alkanes of at least 4 members (excludes halogenated alkanes) is 3. The zero-order valence-electron chi connectivity index (χ0n) is 11.5. The number of benzene rings is 1. The highest BCUT2D eigenvalue weighted by molar-refractivity contribution is 6.33. The molecule has 0 saturated heterocycles. The first kappa shape index (κ1) is 13.7. The van der Waals surface area contributed by atoms with Crippen LogP contribution in [0.15, 0.2) is 18.2 Å². The summed E-state index contributed by atoms with van der Waals surface area (Å²) in [4.78, 5) is 0. The Balaban J connectivity index is 1.94. The molecule has 1 aromatic rings. The Bertz CT molecular complexity index is 389. The third-order valence-electron chi connectivity index (χ3n) is 4.14. The van der Waals surface area contributed by atoms with Crippen LogP contribution < -0.4 is 5.32 Å². The molecule has 0 radical (unpaired) electrons. The quantitative estimate of drug-likeness (QED) is 0.674. The van der Waals surface area contributed by atoms with Gasteiger partial charge in [-0.05, 0) is 17.5 Å². The van der Waals surface area contributed by atoms with Crippen LogP contribution in [0.2, 0.25) is 5.02 Å². The number of rotatable bonds is 6. The SMILES string of the molecule is CCCCCCC(C)C1CNc2c(Cl)cccc21. The number of fused-ring (bicyclic) bond motifs is 1. The predicted molar refractivity (Wildman–Crippen MR) is 80.6 cm³/mol. The van der Waals surface area contributed by atoms with Gasteiger partial charge < -0.3 is 5.32 Å². The van der Waals surface area contributed by atoms with Crippen LogP contribution in [-0.4, -0.2) is 6.54 Å². The maximum Gasteiger partial charge on any atom is 0.0640 e. The Labute approximate surface area is 116 Å². The summed E-state index contributed by atoms with van der Waals surface area (Å²) in [6.45, 7) is 5.70. The second-order valence-electron chi connectivity index (χ2n) is 5.52. The molecule has 1 N–H and O–H groups in total. The van der Waals surface area contributed by atoms with Crippen LogP contribution in [0.4, 0.5) is 5.69 Å². The van der Waals surface area contributed by atoms with E-state index in [1.54, 1.807) is 0 Å². The van der Waals surface area contributed by atoms with E-state index in [1.807, 2.05) is 6.07 Å². The second kappa shape index (κ2) is 6.47. The van der Waals surface area contributed by atoms with Crippen molar-refractivity contribution in [3.8, 4) is 0 Å². The minimum Gasteiger partial charge on any atom is -0.383 e. The molecule has 0 spiro atoms. The first-order chi connectivity index (χ1) is 8.74. The Hall–Kier alpha value is -0.690. The Morgan fingerprint density at radius 1 is 1.33 bits per heavy atom. The van der Waals surface area contributed by atoms with Crippen LogP contribution in [0.3, 0.4) is 0 Å². The van der Waals surface area contributed by atoms with Crippen molar-refractivity contribution in [2.24, 2.45) is 5.92 Å². The molecule has 1 aromatic carbocycles. The molecular weight excluding hydrogens is 242 g/mol. The fraction of sp³-hybridized carbons (Fsp3) is 0.625. The van der Waals surface area contributed by atoms with E-state index in [4.69, 9.17) is 11.6 Å². The average Bonchev–Trinajstić information content (AvgIpc) is 2.80. The van der Waals surface area contributed by atoms with Gasteiger partial charge >= 0.3 is 0 Å². The maximum atomic E-state index is 6.22. The highest BCUT2D eigenvalue weighted by Gasteiger charge is 2.27. The summed E-state index contributed by atoms with van der Waals surface area (Å²) in [7, 11) is 0. The van der Waals surface area contributed by atoms with Gasteiger partial charge in [-0.2, -0.15) is 0 Å². The minimum atomic E-state index is 0.639. The van der Waals surface area contributed by atoms with Gasteiger partial charge in [0.1, 0.15) is 0 Å².